The number of aliphatic carboxylic acids is 1. The van der Waals surface area contributed by atoms with Crippen LogP contribution in [-0.2, 0) is 4.79 Å². The fraction of sp³-hybridized carbons (Fsp3) is 0.933. The van der Waals surface area contributed by atoms with Gasteiger partial charge in [-0.2, -0.15) is 0 Å². The van der Waals surface area contributed by atoms with Gasteiger partial charge in [0.1, 0.15) is 0 Å². The summed E-state index contributed by atoms with van der Waals surface area (Å²) in [6.45, 7) is 2.13. The lowest BCUT2D eigenvalue weighted by Gasteiger charge is -2.59. The minimum absolute atomic E-state index is 0.214. The molecule has 3 nitrogen and oxygen atoms in total. The Morgan fingerprint density at radius 3 is 2.06 bits per heavy atom. The van der Waals surface area contributed by atoms with E-state index in [9.17, 15) is 9.90 Å². The highest BCUT2D eigenvalue weighted by Gasteiger charge is 2.54. The second-order valence-corrected chi connectivity index (χ2v) is 7.19. The average Bonchev–Trinajstić information content (AvgIpc) is 2.26. The predicted molar refractivity (Wildman–Crippen MR) is 70.3 cm³/mol. The van der Waals surface area contributed by atoms with Crippen LogP contribution < -0.4 is 5.32 Å². The number of carboxylic acid groups (broad SMARTS) is 1. The summed E-state index contributed by atoms with van der Waals surface area (Å²) in [7, 11) is 1.94. The first kappa shape index (κ1) is 12.5. The first-order valence-corrected chi connectivity index (χ1v) is 7.42. The molecule has 4 rings (SSSR count). The molecule has 4 aliphatic rings. The minimum Gasteiger partial charge on any atom is -0.481 e. The number of carbonyl (C=O) groups is 1. The van der Waals surface area contributed by atoms with Gasteiger partial charge in [0.15, 0.2) is 0 Å². The third kappa shape index (κ3) is 1.87. The number of rotatable bonds is 4. The molecule has 0 aliphatic heterocycles. The largest absolute Gasteiger partial charge is 0.481 e. The van der Waals surface area contributed by atoms with Crippen molar-refractivity contribution in [2.24, 2.45) is 29.6 Å². The van der Waals surface area contributed by atoms with Gasteiger partial charge in [-0.15, -0.1) is 0 Å². The van der Waals surface area contributed by atoms with Crippen LogP contribution in [0.5, 0.6) is 0 Å². The van der Waals surface area contributed by atoms with Gasteiger partial charge in [0.25, 0.3) is 0 Å². The zero-order valence-corrected chi connectivity index (χ0v) is 11.5. The molecular weight excluding hydrogens is 226 g/mol. The van der Waals surface area contributed by atoms with E-state index in [1.165, 1.54) is 32.1 Å². The molecular formula is C15H25NO2. The topological polar surface area (TPSA) is 49.3 Å². The molecule has 1 unspecified atom stereocenters. The fourth-order valence-electron chi connectivity index (χ4n) is 5.65. The smallest absolute Gasteiger partial charge is 0.305 e. The van der Waals surface area contributed by atoms with Gasteiger partial charge in [-0.1, -0.05) is 0 Å². The number of hydrogen-bond acceptors (Lipinski definition) is 2. The summed E-state index contributed by atoms with van der Waals surface area (Å²) in [6.07, 6.45) is 7.14. The van der Waals surface area contributed by atoms with Gasteiger partial charge in [-0.25, -0.2) is 0 Å². The van der Waals surface area contributed by atoms with Gasteiger partial charge in [-0.05, 0) is 75.7 Å². The Labute approximate surface area is 109 Å². The molecule has 4 bridgehead atoms. The van der Waals surface area contributed by atoms with Crippen LogP contribution in [0.4, 0.5) is 0 Å². The maximum absolute atomic E-state index is 11.2. The maximum atomic E-state index is 11.2. The Hall–Kier alpha value is -0.570. The standard InChI is InChI=1S/C15H25NO2/c1-15(16-2,8-13(17)18)14-11-4-9-3-10(6-11)7-12(14)5-9/h9-12,14,16H,3-8H2,1-2H3,(H,17,18). The van der Waals surface area contributed by atoms with Crippen LogP contribution in [0.15, 0.2) is 0 Å². The predicted octanol–water partition coefficient (Wildman–Crippen LogP) is 2.51. The average molecular weight is 251 g/mol. The molecule has 2 N–H and O–H groups in total. The first-order valence-electron chi connectivity index (χ1n) is 7.42. The molecule has 0 spiro atoms. The highest BCUT2D eigenvalue weighted by Crippen LogP contribution is 2.59. The lowest BCUT2D eigenvalue weighted by Crippen LogP contribution is -2.59. The van der Waals surface area contributed by atoms with Crippen molar-refractivity contribution in [3.63, 3.8) is 0 Å². The minimum atomic E-state index is -0.666. The molecule has 4 fully saturated rings. The van der Waals surface area contributed by atoms with Gasteiger partial charge in [0.05, 0.1) is 6.42 Å². The lowest BCUT2D eigenvalue weighted by molar-refractivity contribution is -0.142. The summed E-state index contributed by atoms with van der Waals surface area (Å²) < 4.78 is 0. The summed E-state index contributed by atoms with van der Waals surface area (Å²) in [5.41, 5.74) is -0.214. The molecule has 4 saturated carbocycles. The molecule has 0 aromatic carbocycles. The Balaban J connectivity index is 1.84. The molecule has 1 atom stereocenters. The normalized spacial score (nSPS) is 44.9. The quantitative estimate of drug-likeness (QED) is 0.807. The fourth-order valence-corrected chi connectivity index (χ4v) is 5.65. The van der Waals surface area contributed by atoms with E-state index in [0.717, 1.165) is 23.7 Å². The van der Waals surface area contributed by atoms with Gasteiger partial charge in [0, 0.05) is 5.54 Å². The van der Waals surface area contributed by atoms with Crippen LogP contribution in [0.25, 0.3) is 0 Å². The number of nitrogens with one attached hydrogen (secondary N) is 1. The molecule has 18 heavy (non-hydrogen) atoms. The van der Waals surface area contributed by atoms with Crippen molar-refractivity contribution in [1.82, 2.24) is 5.32 Å². The van der Waals surface area contributed by atoms with E-state index in [1.807, 2.05) is 7.05 Å². The van der Waals surface area contributed by atoms with Crippen LogP contribution in [-0.4, -0.2) is 23.7 Å². The molecule has 0 radical (unpaired) electrons. The Morgan fingerprint density at radius 1 is 1.17 bits per heavy atom. The van der Waals surface area contributed by atoms with Gasteiger partial charge < -0.3 is 10.4 Å². The Morgan fingerprint density at radius 2 is 1.67 bits per heavy atom. The van der Waals surface area contributed by atoms with E-state index in [2.05, 4.69) is 12.2 Å². The second-order valence-electron chi connectivity index (χ2n) is 7.19. The van der Waals surface area contributed by atoms with Crippen molar-refractivity contribution >= 4 is 5.97 Å². The zero-order chi connectivity index (χ0) is 12.9. The summed E-state index contributed by atoms with van der Waals surface area (Å²) >= 11 is 0. The molecule has 0 saturated heterocycles. The van der Waals surface area contributed by atoms with Crippen molar-refractivity contribution in [2.45, 2.75) is 51.0 Å². The second kappa shape index (κ2) is 4.22. The zero-order valence-electron chi connectivity index (χ0n) is 11.5. The van der Waals surface area contributed by atoms with Crippen molar-refractivity contribution in [3.05, 3.63) is 0 Å². The summed E-state index contributed by atoms with van der Waals surface area (Å²) in [5, 5.41) is 12.6. The van der Waals surface area contributed by atoms with Crippen LogP contribution in [0.2, 0.25) is 0 Å². The molecule has 0 aromatic heterocycles. The maximum Gasteiger partial charge on any atom is 0.305 e. The Bertz CT molecular complexity index is 326. The molecule has 102 valence electrons. The highest BCUT2D eigenvalue weighted by atomic mass is 16.4. The molecule has 0 heterocycles. The monoisotopic (exact) mass is 251 g/mol. The van der Waals surface area contributed by atoms with E-state index >= 15 is 0 Å². The third-order valence-electron chi connectivity index (χ3n) is 6.05. The summed E-state index contributed by atoms with van der Waals surface area (Å²) in [5.74, 6) is 3.37. The SMILES string of the molecule is CNC(C)(CC(=O)O)C1C2CC3CC(C2)CC1C3. The van der Waals surface area contributed by atoms with Crippen LogP contribution in [0, 0.1) is 29.6 Å². The van der Waals surface area contributed by atoms with Crippen LogP contribution in [0.3, 0.4) is 0 Å². The van der Waals surface area contributed by atoms with Crippen molar-refractivity contribution < 1.29 is 9.90 Å². The van der Waals surface area contributed by atoms with Crippen molar-refractivity contribution in [2.75, 3.05) is 7.05 Å². The summed E-state index contributed by atoms with van der Waals surface area (Å²) in [4.78, 5) is 11.2. The summed E-state index contributed by atoms with van der Waals surface area (Å²) in [6, 6.07) is 0. The van der Waals surface area contributed by atoms with Crippen LogP contribution in [0.1, 0.15) is 45.4 Å². The molecule has 3 heteroatoms. The van der Waals surface area contributed by atoms with Crippen molar-refractivity contribution in [1.29, 1.82) is 0 Å². The third-order valence-corrected chi connectivity index (χ3v) is 6.05. The van der Waals surface area contributed by atoms with E-state index in [1.54, 1.807) is 0 Å². The molecule has 0 aromatic rings. The van der Waals surface area contributed by atoms with Gasteiger partial charge >= 0.3 is 5.97 Å². The van der Waals surface area contributed by atoms with Gasteiger partial charge in [-0.3, -0.25) is 4.79 Å². The van der Waals surface area contributed by atoms with Crippen LogP contribution >= 0.6 is 0 Å². The van der Waals surface area contributed by atoms with E-state index < -0.39 is 5.97 Å². The molecule has 4 aliphatic carbocycles. The Kier molecular flexibility index (Phi) is 2.92. The number of carboxylic acids is 1. The van der Waals surface area contributed by atoms with E-state index in [0.29, 0.717) is 5.92 Å². The highest BCUT2D eigenvalue weighted by molar-refractivity contribution is 5.68. The van der Waals surface area contributed by atoms with Gasteiger partial charge in [0.2, 0.25) is 0 Å². The number of hydrogen-bond donors (Lipinski definition) is 2. The first-order chi connectivity index (χ1) is 8.51. The van der Waals surface area contributed by atoms with E-state index in [-0.39, 0.29) is 12.0 Å². The lowest BCUT2D eigenvalue weighted by atomic mass is 9.48. The van der Waals surface area contributed by atoms with E-state index in [4.69, 9.17) is 0 Å². The molecule has 0 amide bonds. The van der Waals surface area contributed by atoms with Crippen molar-refractivity contribution in [3.8, 4) is 0 Å².